The van der Waals surface area contributed by atoms with Crippen molar-refractivity contribution in [2.24, 2.45) is 0 Å². The molecular weight excluding hydrogens is 346 g/mol. The summed E-state index contributed by atoms with van der Waals surface area (Å²) in [6.45, 7) is 8.82. The summed E-state index contributed by atoms with van der Waals surface area (Å²) in [5, 5.41) is 2.69. The predicted molar refractivity (Wildman–Crippen MR) is 89.3 cm³/mol. The molecule has 0 spiro atoms. The molecule has 0 bridgehead atoms. The van der Waals surface area contributed by atoms with Crippen molar-refractivity contribution in [3.05, 3.63) is 0 Å². The van der Waals surface area contributed by atoms with Crippen molar-refractivity contribution in [2.45, 2.75) is 83.1 Å². The second kappa shape index (κ2) is 7.67. The van der Waals surface area contributed by atoms with Crippen molar-refractivity contribution in [2.75, 3.05) is 14.2 Å². The van der Waals surface area contributed by atoms with Gasteiger partial charge in [-0.3, -0.25) is 4.79 Å². The molecule has 2 aliphatic heterocycles. The maximum Gasteiger partial charge on any atom is 0.407 e. The van der Waals surface area contributed by atoms with Gasteiger partial charge in [-0.05, 0) is 34.6 Å². The Labute approximate surface area is 153 Å². The summed E-state index contributed by atoms with van der Waals surface area (Å²) < 4.78 is 33.0. The average Bonchev–Trinajstić information content (AvgIpc) is 2.97. The van der Waals surface area contributed by atoms with Crippen molar-refractivity contribution < 1.29 is 38.0 Å². The zero-order valence-corrected chi connectivity index (χ0v) is 16.4. The van der Waals surface area contributed by atoms with E-state index in [1.165, 1.54) is 14.2 Å². The Balaban J connectivity index is 2.18. The van der Waals surface area contributed by atoms with Gasteiger partial charge in [-0.25, -0.2) is 4.79 Å². The Morgan fingerprint density at radius 3 is 2.31 bits per heavy atom. The minimum atomic E-state index is -0.824. The Kier molecular flexibility index (Phi) is 6.17. The van der Waals surface area contributed by atoms with E-state index < -0.39 is 54.1 Å². The molecule has 0 aromatic heterocycles. The summed E-state index contributed by atoms with van der Waals surface area (Å²) in [4.78, 5) is 24.1. The molecule has 0 aromatic rings. The number of hydrogen-bond acceptors (Lipinski definition) is 8. The molecule has 1 amide bonds. The van der Waals surface area contributed by atoms with E-state index in [1.54, 1.807) is 34.6 Å². The first-order valence-corrected chi connectivity index (χ1v) is 8.56. The number of amides is 1. The molecular formula is C17H29NO8. The monoisotopic (exact) mass is 375 g/mol. The summed E-state index contributed by atoms with van der Waals surface area (Å²) in [7, 11) is 2.77. The third kappa shape index (κ3) is 5.06. The van der Waals surface area contributed by atoms with Gasteiger partial charge in [0.2, 0.25) is 0 Å². The van der Waals surface area contributed by atoms with Gasteiger partial charge in [0.05, 0.1) is 19.6 Å². The first-order valence-electron chi connectivity index (χ1n) is 8.56. The smallest absolute Gasteiger partial charge is 0.407 e. The van der Waals surface area contributed by atoms with Crippen LogP contribution in [0.25, 0.3) is 0 Å². The second-order valence-corrected chi connectivity index (χ2v) is 7.80. The minimum absolute atomic E-state index is 0.107. The molecule has 5 atom stereocenters. The first-order chi connectivity index (χ1) is 12.0. The molecule has 150 valence electrons. The standard InChI is InChI=1S/C17H29NO8/c1-16(2,3)26-15(20)18-9(8-10(19)21-6)11-12-13(14(22-7)23-11)25-17(4,5)24-12/h9,11-14H,8H2,1-7H3,(H,18,20)/t9?,11-,12-,13-,14-/m0/s1. The van der Waals surface area contributed by atoms with Crippen LogP contribution in [-0.2, 0) is 33.2 Å². The molecule has 1 unspecified atom stereocenters. The van der Waals surface area contributed by atoms with Gasteiger partial charge in [0.1, 0.15) is 23.9 Å². The molecule has 1 N–H and O–H groups in total. The lowest BCUT2D eigenvalue weighted by atomic mass is 10.0. The van der Waals surface area contributed by atoms with Crippen LogP contribution in [0.1, 0.15) is 41.0 Å². The molecule has 2 rings (SSSR count). The molecule has 2 aliphatic rings. The van der Waals surface area contributed by atoms with Crippen LogP contribution in [0.2, 0.25) is 0 Å². The second-order valence-electron chi connectivity index (χ2n) is 7.80. The van der Waals surface area contributed by atoms with E-state index in [2.05, 4.69) is 5.32 Å². The SMILES string of the molecule is COC(=O)CC(NC(=O)OC(C)(C)C)[C@@H]1O[C@H](OC)[C@H]2OC(C)(C)O[C@H]21. The highest BCUT2D eigenvalue weighted by atomic mass is 16.8. The Bertz CT molecular complexity index is 529. The topological polar surface area (TPSA) is 102 Å². The quantitative estimate of drug-likeness (QED) is 0.718. The molecule has 9 heteroatoms. The number of methoxy groups -OCH3 is 2. The van der Waals surface area contributed by atoms with E-state index >= 15 is 0 Å². The van der Waals surface area contributed by atoms with Gasteiger partial charge >= 0.3 is 12.1 Å². The van der Waals surface area contributed by atoms with Crippen LogP contribution in [0, 0.1) is 0 Å². The van der Waals surface area contributed by atoms with Gasteiger partial charge in [-0.1, -0.05) is 0 Å². The number of fused-ring (bicyclic) bond motifs is 1. The summed E-state index contributed by atoms with van der Waals surface area (Å²) in [6, 6.07) is -0.734. The minimum Gasteiger partial charge on any atom is -0.469 e. The van der Waals surface area contributed by atoms with Gasteiger partial charge in [0.25, 0.3) is 0 Å². The molecule has 0 aromatic carbocycles. The van der Waals surface area contributed by atoms with Crippen molar-refractivity contribution in [3.8, 4) is 0 Å². The van der Waals surface area contributed by atoms with E-state index in [1.807, 2.05) is 0 Å². The zero-order valence-electron chi connectivity index (χ0n) is 16.4. The molecule has 2 fully saturated rings. The van der Waals surface area contributed by atoms with E-state index in [0.717, 1.165) is 0 Å². The third-order valence-corrected chi connectivity index (χ3v) is 3.99. The number of esters is 1. The van der Waals surface area contributed by atoms with Gasteiger partial charge in [0, 0.05) is 7.11 Å². The largest absolute Gasteiger partial charge is 0.469 e. The lowest BCUT2D eigenvalue weighted by molar-refractivity contribution is -0.230. The third-order valence-electron chi connectivity index (χ3n) is 3.99. The van der Waals surface area contributed by atoms with Crippen LogP contribution in [0.15, 0.2) is 0 Å². The summed E-state index contributed by atoms with van der Waals surface area (Å²) in [6.07, 6.45) is -3.10. The maximum atomic E-state index is 12.2. The molecule has 2 saturated heterocycles. The van der Waals surface area contributed by atoms with Crippen LogP contribution in [0.3, 0.4) is 0 Å². The molecule has 26 heavy (non-hydrogen) atoms. The van der Waals surface area contributed by atoms with Gasteiger partial charge < -0.3 is 33.7 Å². The Morgan fingerprint density at radius 1 is 1.15 bits per heavy atom. The van der Waals surface area contributed by atoms with Crippen LogP contribution in [-0.4, -0.2) is 68.3 Å². The number of nitrogens with one attached hydrogen (secondary N) is 1. The average molecular weight is 375 g/mol. The molecule has 2 heterocycles. The summed E-state index contributed by atoms with van der Waals surface area (Å²) >= 11 is 0. The highest BCUT2D eigenvalue weighted by Gasteiger charge is 2.58. The fraction of sp³-hybridized carbons (Fsp3) is 0.882. The van der Waals surface area contributed by atoms with Crippen LogP contribution in [0.4, 0.5) is 4.79 Å². The molecule has 0 radical (unpaired) electrons. The number of ether oxygens (including phenoxy) is 6. The van der Waals surface area contributed by atoms with Crippen LogP contribution in [0.5, 0.6) is 0 Å². The number of rotatable bonds is 5. The number of carbonyl (C=O) groups excluding carboxylic acids is 2. The number of carbonyl (C=O) groups is 2. The first kappa shape index (κ1) is 20.9. The van der Waals surface area contributed by atoms with E-state index in [-0.39, 0.29) is 6.42 Å². The lowest BCUT2D eigenvalue weighted by Crippen LogP contribution is -2.51. The molecule has 9 nitrogen and oxygen atoms in total. The van der Waals surface area contributed by atoms with Crippen LogP contribution >= 0.6 is 0 Å². The van der Waals surface area contributed by atoms with E-state index in [9.17, 15) is 9.59 Å². The highest BCUT2D eigenvalue weighted by Crippen LogP contribution is 2.40. The van der Waals surface area contributed by atoms with E-state index in [4.69, 9.17) is 28.4 Å². The summed E-state index contributed by atoms with van der Waals surface area (Å²) in [5.41, 5.74) is -0.678. The highest BCUT2D eigenvalue weighted by molar-refractivity contribution is 5.73. The number of alkyl carbamates (subject to hydrolysis) is 1. The van der Waals surface area contributed by atoms with Crippen molar-refractivity contribution >= 4 is 12.1 Å². The van der Waals surface area contributed by atoms with Gasteiger partial charge in [0.15, 0.2) is 12.1 Å². The predicted octanol–water partition coefficient (Wildman–Crippen LogP) is 1.33. The fourth-order valence-electron chi connectivity index (χ4n) is 3.08. The van der Waals surface area contributed by atoms with Crippen LogP contribution < -0.4 is 5.32 Å². The lowest BCUT2D eigenvalue weighted by Gasteiger charge is -2.29. The van der Waals surface area contributed by atoms with Crippen molar-refractivity contribution in [1.29, 1.82) is 0 Å². The normalized spacial score (nSPS) is 31.2. The molecule has 0 aliphatic carbocycles. The van der Waals surface area contributed by atoms with Crippen molar-refractivity contribution in [3.63, 3.8) is 0 Å². The maximum absolute atomic E-state index is 12.2. The Morgan fingerprint density at radius 2 is 1.77 bits per heavy atom. The zero-order chi connectivity index (χ0) is 19.7. The van der Waals surface area contributed by atoms with E-state index in [0.29, 0.717) is 0 Å². The Hall–Kier alpha value is -1.42. The fourth-order valence-corrected chi connectivity index (χ4v) is 3.08. The molecule has 0 saturated carbocycles. The van der Waals surface area contributed by atoms with Crippen molar-refractivity contribution in [1.82, 2.24) is 5.32 Å². The van der Waals surface area contributed by atoms with Gasteiger partial charge in [-0.2, -0.15) is 0 Å². The summed E-state index contributed by atoms with van der Waals surface area (Å²) in [5.74, 6) is -1.32. The number of hydrogen-bond donors (Lipinski definition) is 1. The van der Waals surface area contributed by atoms with Gasteiger partial charge in [-0.15, -0.1) is 0 Å².